The van der Waals surface area contributed by atoms with Gasteiger partial charge in [0.25, 0.3) is 0 Å². The summed E-state index contributed by atoms with van der Waals surface area (Å²) in [5.74, 6) is 0. The summed E-state index contributed by atoms with van der Waals surface area (Å²) in [4.78, 5) is 2.55. The van der Waals surface area contributed by atoms with E-state index < -0.39 is 0 Å². The Morgan fingerprint density at radius 3 is 2.59 bits per heavy atom. The van der Waals surface area contributed by atoms with E-state index in [1.54, 1.807) is 0 Å². The van der Waals surface area contributed by atoms with Crippen molar-refractivity contribution in [2.75, 3.05) is 19.6 Å². The first-order chi connectivity index (χ1) is 8.29. The zero-order valence-electron chi connectivity index (χ0n) is 10.5. The molecule has 1 aromatic rings. The molecule has 0 fully saturated rings. The van der Waals surface area contributed by atoms with E-state index in [1.165, 1.54) is 43.5 Å². The molecule has 0 aromatic heterocycles. The lowest BCUT2D eigenvalue weighted by Crippen LogP contribution is -2.29. The summed E-state index contributed by atoms with van der Waals surface area (Å²) in [5, 5.41) is 0. The van der Waals surface area contributed by atoms with Crippen LogP contribution in [-0.4, -0.2) is 24.5 Å². The first-order valence-corrected chi connectivity index (χ1v) is 7.26. The average Bonchev–Trinajstić information content (AvgIpc) is 2.38. The molecular weight excluding hydrogens is 274 g/mol. The summed E-state index contributed by atoms with van der Waals surface area (Å²) in [5.41, 5.74) is 2.88. The van der Waals surface area contributed by atoms with Gasteiger partial charge < -0.3 is 0 Å². The van der Waals surface area contributed by atoms with Gasteiger partial charge in [-0.15, -0.1) is 0 Å². The predicted octanol–water partition coefficient (Wildman–Crippen LogP) is 4.34. The second kappa shape index (κ2) is 6.36. The molecule has 0 N–H and O–H groups in total. The van der Waals surface area contributed by atoms with Crippen molar-refractivity contribution in [3.05, 3.63) is 40.4 Å². The smallest absolute Gasteiger partial charge is 0.0175 e. The van der Waals surface area contributed by atoms with Crippen LogP contribution in [0.5, 0.6) is 0 Å². The molecule has 1 aromatic carbocycles. The fraction of sp³-hybridized carbons (Fsp3) is 0.467. The van der Waals surface area contributed by atoms with E-state index in [0.29, 0.717) is 0 Å². The summed E-state index contributed by atoms with van der Waals surface area (Å²) in [6, 6.07) is 8.66. The number of nitrogens with zero attached hydrogens (tertiary/aromatic N) is 1. The van der Waals surface area contributed by atoms with Gasteiger partial charge in [0.15, 0.2) is 0 Å². The molecule has 1 aliphatic rings. The molecule has 0 saturated carbocycles. The van der Waals surface area contributed by atoms with Gasteiger partial charge >= 0.3 is 0 Å². The molecule has 0 aliphatic carbocycles. The van der Waals surface area contributed by atoms with Gasteiger partial charge in [-0.05, 0) is 42.7 Å². The number of rotatable bonds is 4. The monoisotopic (exact) mass is 293 g/mol. The molecule has 2 rings (SSSR count). The van der Waals surface area contributed by atoms with Gasteiger partial charge in [0.2, 0.25) is 0 Å². The van der Waals surface area contributed by atoms with E-state index in [-0.39, 0.29) is 0 Å². The van der Waals surface area contributed by atoms with Crippen LogP contribution in [0.25, 0.3) is 5.57 Å². The molecular formula is C15H20BrN. The van der Waals surface area contributed by atoms with Gasteiger partial charge in [0.05, 0.1) is 0 Å². The number of hydrogen-bond acceptors (Lipinski definition) is 1. The second-order valence-corrected chi connectivity index (χ2v) is 5.56. The molecule has 92 valence electrons. The second-order valence-electron chi connectivity index (χ2n) is 4.64. The normalized spacial score (nSPS) is 16.9. The highest BCUT2D eigenvalue weighted by atomic mass is 79.9. The standard InChI is InChI=1S/C15H20BrN/c1-2-3-10-17-11-8-14(9-12-17)13-4-6-15(16)7-5-13/h4-8H,2-3,9-12H2,1H3. The number of unbranched alkanes of at least 4 members (excludes halogenated alkanes) is 1. The zero-order chi connectivity index (χ0) is 12.1. The molecule has 0 saturated heterocycles. The van der Waals surface area contributed by atoms with Crippen LogP contribution < -0.4 is 0 Å². The number of benzene rings is 1. The average molecular weight is 294 g/mol. The van der Waals surface area contributed by atoms with Gasteiger partial charge in [-0.2, -0.15) is 0 Å². The largest absolute Gasteiger partial charge is 0.299 e. The van der Waals surface area contributed by atoms with Crippen molar-refractivity contribution < 1.29 is 0 Å². The summed E-state index contributed by atoms with van der Waals surface area (Å²) < 4.78 is 1.15. The number of halogens is 1. The van der Waals surface area contributed by atoms with E-state index >= 15 is 0 Å². The van der Waals surface area contributed by atoms with E-state index in [0.717, 1.165) is 11.0 Å². The SMILES string of the molecule is CCCCN1CC=C(c2ccc(Br)cc2)CC1. The summed E-state index contributed by atoms with van der Waals surface area (Å²) in [6.45, 7) is 5.83. The van der Waals surface area contributed by atoms with Crippen molar-refractivity contribution >= 4 is 21.5 Å². The molecule has 2 heteroatoms. The Balaban J connectivity index is 1.96. The van der Waals surface area contributed by atoms with E-state index in [4.69, 9.17) is 0 Å². The minimum absolute atomic E-state index is 1.12. The van der Waals surface area contributed by atoms with E-state index in [9.17, 15) is 0 Å². The number of hydrogen-bond donors (Lipinski definition) is 0. The van der Waals surface area contributed by atoms with Crippen molar-refractivity contribution in [1.29, 1.82) is 0 Å². The fourth-order valence-corrected chi connectivity index (χ4v) is 2.49. The van der Waals surface area contributed by atoms with Crippen molar-refractivity contribution in [2.45, 2.75) is 26.2 Å². The Hall–Kier alpha value is -0.600. The summed E-state index contributed by atoms with van der Waals surface area (Å²) in [7, 11) is 0. The minimum Gasteiger partial charge on any atom is -0.299 e. The fourth-order valence-electron chi connectivity index (χ4n) is 2.22. The highest BCUT2D eigenvalue weighted by Gasteiger charge is 2.11. The lowest BCUT2D eigenvalue weighted by Gasteiger charge is -2.26. The quantitative estimate of drug-likeness (QED) is 0.798. The van der Waals surface area contributed by atoms with Crippen molar-refractivity contribution in [2.24, 2.45) is 0 Å². The van der Waals surface area contributed by atoms with E-state index in [2.05, 4.69) is 58.1 Å². The van der Waals surface area contributed by atoms with Crippen LogP contribution in [-0.2, 0) is 0 Å². The van der Waals surface area contributed by atoms with Crippen LogP contribution in [0.3, 0.4) is 0 Å². The molecule has 1 nitrogen and oxygen atoms in total. The van der Waals surface area contributed by atoms with Crippen LogP contribution in [0.2, 0.25) is 0 Å². The highest BCUT2D eigenvalue weighted by molar-refractivity contribution is 9.10. The van der Waals surface area contributed by atoms with Gasteiger partial charge in [-0.1, -0.05) is 47.5 Å². The first kappa shape index (κ1) is 12.8. The molecule has 0 spiro atoms. The molecule has 0 atom stereocenters. The lowest BCUT2D eigenvalue weighted by molar-refractivity contribution is 0.297. The van der Waals surface area contributed by atoms with Crippen LogP contribution in [0.4, 0.5) is 0 Å². The molecule has 0 bridgehead atoms. The Bertz CT molecular complexity index is 380. The van der Waals surface area contributed by atoms with Crippen LogP contribution in [0.15, 0.2) is 34.8 Å². The van der Waals surface area contributed by atoms with Gasteiger partial charge in [0.1, 0.15) is 0 Å². The van der Waals surface area contributed by atoms with E-state index in [1.807, 2.05) is 0 Å². The maximum Gasteiger partial charge on any atom is 0.0175 e. The maximum absolute atomic E-state index is 3.48. The van der Waals surface area contributed by atoms with Crippen LogP contribution in [0.1, 0.15) is 31.7 Å². The third-order valence-corrected chi connectivity index (χ3v) is 3.86. The van der Waals surface area contributed by atoms with Crippen molar-refractivity contribution in [1.82, 2.24) is 4.90 Å². The van der Waals surface area contributed by atoms with Gasteiger partial charge in [-0.3, -0.25) is 4.90 Å². The summed E-state index contributed by atoms with van der Waals surface area (Å²) >= 11 is 3.48. The topological polar surface area (TPSA) is 3.24 Å². The Morgan fingerprint density at radius 2 is 2.00 bits per heavy atom. The molecule has 17 heavy (non-hydrogen) atoms. The van der Waals surface area contributed by atoms with Crippen molar-refractivity contribution in [3.8, 4) is 0 Å². The molecule has 0 radical (unpaired) electrons. The first-order valence-electron chi connectivity index (χ1n) is 6.47. The zero-order valence-corrected chi connectivity index (χ0v) is 12.0. The predicted molar refractivity (Wildman–Crippen MR) is 78.1 cm³/mol. The molecule has 0 amide bonds. The van der Waals surface area contributed by atoms with Gasteiger partial charge in [0, 0.05) is 17.6 Å². The highest BCUT2D eigenvalue weighted by Crippen LogP contribution is 2.23. The third kappa shape index (κ3) is 3.68. The maximum atomic E-state index is 3.48. The van der Waals surface area contributed by atoms with Crippen LogP contribution >= 0.6 is 15.9 Å². The lowest BCUT2D eigenvalue weighted by atomic mass is 9.99. The molecule has 1 aliphatic heterocycles. The Morgan fingerprint density at radius 1 is 1.24 bits per heavy atom. The van der Waals surface area contributed by atoms with Gasteiger partial charge in [-0.25, -0.2) is 0 Å². The Kier molecular flexibility index (Phi) is 4.81. The minimum atomic E-state index is 1.12. The Labute approximate surface area is 113 Å². The summed E-state index contributed by atoms with van der Waals surface area (Å²) in [6.07, 6.45) is 6.19. The third-order valence-electron chi connectivity index (χ3n) is 3.34. The molecule has 1 heterocycles. The van der Waals surface area contributed by atoms with Crippen molar-refractivity contribution in [3.63, 3.8) is 0 Å². The molecule has 0 unspecified atom stereocenters. The van der Waals surface area contributed by atoms with Crippen LogP contribution in [0, 0.1) is 0 Å².